The van der Waals surface area contributed by atoms with Crippen molar-refractivity contribution in [3.05, 3.63) is 0 Å². The quantitative estimate of drug-likeness (QED) is 0.0765. The molecule has 11 N–H and O–H groups in total. The molecule has 0 aliphatic carbocycles. The SMILES string of the molecule is CC(C)C(NC(=O)C(N)CCCCN)C(=O)N1CCCC1C(=O)NC(CCCN=C(N)N)C(=O)O. The second kappa shape index (κ2) is 15.1. The van der Waals surface area contributed by atoms with Crippen LogP contribution in [0.5, 0.6) is 0 Å². The number of unbranched alkanes of at least 4 members (excludes halogenated alkanes) is 1. The summed E-state index contributed by atoms with van der Waals surface area (Å²) in [6, 6.07) is -3.57. The van der Waals surface area contributed by atoms with Crippen molar-refractivity contribution in [2.45, 2.75) is 83.0 Å². The van der Waals surface area contributed by atoms with Gasteiger partial charge in [-0.2, -0.15) is 0 Å². The number of hydrogen-bond acceptors (Lipinski definition) is 7. The molecule has 1 rings (SSSR count). The van der Waals surface area contributed by atoms with Crippen LogP contribution in [-0.2, 0) is 19.2 Å². The number of likely N-dealkylation sites (tertiary alicyclic amines) is 1. The Morgan fingerprint density at radius 2 is 1.77 bits per heavy atom. The van der Waals surface area contributed by atoms with E-state index >= 15 is 0 Å². The topological polar surface area (TPSA) is 232 Å². The summed E-state index contributed by atoms with van der Waals surface area (Å²) < 4.78 is 0. The first-order valence-electron chi connectivity index (χ1n) is 12.1. The van der Waals surface area contributed by atoms with Gasteiger partial charge in [0.15, 0.2) is 5.96 Å². The summed E-state index contributed by atoms with van der Waals surface area (Å²) >= 11 is 0. The van der Waals surface area contributed by atoms with Crippen molar-refractivity contribution >= 4 is 29.7 Å². The molecule has 0 aromatic heterocycles. The number of rotatable bonds is 15. The van der Waals surface area contributed by atoms with Crippen molar-refractivity contribution in [1.29, 1.82) is 0 Å². The number of carboxylic acids is 1. The van der Waals surface area contributed by atoms with Gasteiger partial charge in [0.2, 0.25) is 17.7 Å². The number of carboxylic acid groups (broad SMARTS) is 1. The number of aliphatic carboxylic acids is 1. The number of amides is 3. The van der Waals surface area contributed by atoms with E-state index in [2.05, 4.69) is 15.6 Å². The Bertz CT molecular complexity index is 756. The summed E-state index contributed by atoms with van der Waals surface area (Å²) in [7, 11) is 0. The van der Waals surface area contributed by atoms with Crippen LogP contribution >= 0.6 is 0 Å². The Morgan fingerprint density at radius 3 is 2.34 bits per heavy atom. The van der Waals surface area contributed by atoms with E-state index < -0.39 is 42.0 Å². The molecular formula is C22H42N8O5. The zero-order valence-corrected chi connectivity index (χ0v) is 20.7. The zero-order valence-electron chi connectivity index (χ0n) is 20.7. The van der Waals surface area contributed by atoms with Crippen molar-refractivity contribution in [2.24, 2.45) is 33.8 Å². The van der Waals surface area contributed by atoms with E-state index in [0.29, 0.717) is 45.2 Å². The first-order chi connectivity index (χ1) is 16.5. The van der Waals surface area contributed by atoms with Gasteiger partial charge in [-0.1, -0.05) is 20.3 Å². The van der Waals surface area contributed by atoms with E-state index in [9.17, 15) is 24.3 Å². The second-order valence-electron chi connectivity index (χ2n) is 9.16. The summed E-state index contributed by atoms with van der Waals surface area (Å²) in [5, 5.41) is 14.8. The van der Waals surface area contributed by atoms with Crippen molar-refractivity contribution in [3.8, 4) is 0 Å². The first-order valence-corrected chi connectivity index (χ1v) is 12.1. The second-order valence-corrected chi connectivity index (χ2v) is 9.16. The van der Waals surface area contributed by atoms with Crippen LogP contribution in [0.4, 0.5) is 0 Å². The van der Waals surface area contributed by atoms with E-state index in [1.807, 2.05) is 0 Å². The molecule has 0 aromatic rings. The van der Waals surface area contributed by atoms with Gasteiger partial charge >= 0.3 is 5.97 Å². The molecule has 1 aliphatic heterocycles. The van der Waals surface area contributed by atoms with Crippen LogP contribution in [0.1, 0.15) is 58.8 Å². The van der Waals surface area contributed by atoms with Crippen molar-refractivity contribution < 1.29 is 24.3 Å². The van der Waals surface area contributed by atoms with E-state index in [1.165, 1.54) is 4.90 Å². The van der Waals surface area contributed by atoms with Crippen molar-refractivity contribution in [2.75, 3.05) is 19.6 Å². The fraction of sp³-hybridized carbons (Fsp3) is 0.773. The van der Waals surface area contributed by atoms with E-state index in [1.54, 1.807) is 13.8 Å². The Hall–Kier alpha value is -2.93. The molecule has 0 radical (unpaired) electrons. The van der Waals surface area contributed by atoms with Gasteiger partial charge in [-0.3, -0.25) is 19.4 Å². The van der Waals surface area contributed by atoms with E-state index in [-0.39, 0.29) is 30.8 Å². The fourth-order valence-electron chi connectivity index (χ4n) is 3.92. The number of guanidine groups is 1. The number of carbonyl (C=O) groups is 4. The number of nitrogens with one attached hydrogen (secondary N) is 2. The molecule has 4 unspecified atom stereocenters. The molecule has 200 valence electrons. The van der Waals surface area contributed by atoms with Gasteiger partial charge in [0.25, 0.3) is 0 Å². The van der Waals surface area contributed by atoms with Gasteiger partial charge in [0.1, 0.15) is 18.1 Å². The third-order valence-corrected chi connectivity index (χ3v) is 5.93. The average molecular weight is 499 g/mol. The lowest BCUT2D eigenvalue weighted by Gasteiger charge is -2.31. The normalized spacial score (nSPS) is 18.0. The highest BCUT2D eigenvalue weighted by atomic mass is 16.4. The maximum Gasteiger partial charge on any atom is 0.326 e. The van der Waals surface area contributed by atoms with Gasteiger partial charge in [0, 0.05) is 13.1 Å². The molecule has 35 heavy (non-hydrogen) atoms. The molecule has 0 saturated carbocycles. The highest BCUT2D eigenvalue weighted by Crippen LogP contribution is 2.21. The zero-order chi connectivity index (χ0) is 26.5. The lowest BCUT2D eigenvalue weighted by molar-refractivity contribution is -0.145. The minimum absolute atomic E-state index is 0.0932. The lowest BCUT2D eigenvalue weighted by Crippen LogP contribution is -2.58. The average Bonchev–Trinajstić information content (AvgIpc) is 3.28. The first kappa shape index (κ1) is 30.1. The summed E-state index contributed by atoms with van der Waals surface area (Å²) in [5.74, 6) is -2.88. The molecule has 1 aliphatic rings. The maximum absolute atomic E-state index is 13.3. The number of nitrogens with zero attached hydrogens (tertiary/aromatic N) is 2. The van der Waals surface area contributed by atoms with Crippen LogP contribution in [0.25, 0.3) is 0 Å². The van der Waals surface area contributed by atoms with Crippen LogP contribution in [0.2, 0.25) is 0 Å². The molecule has 0 spiro atoms. The molecule has 0 bridgehead atoms. The number of nitrogens with two attached hydrogens (primary N) is 4. The molecule has 1 heterocycles. The van der Waals surface area contributed by atoms with Crippen LogP contribution in [0, 0.1) is 5.92 Å². The van der Waals surface area contributed by atoms with Gasteiger partial charge in [-0.15, -0.1) is 0 Å². The Labute approximate surface area is 206 Å². The predicted molar refractivity (Wildman–Crippen MR) is 132 cm³/mol. The molecule has 1 saturated heterocycles. The Morgan fingerprint density at radius 1 is 1.09 bits per heavy atom. The summed E-state index contributed by atoms with van der Waals surface area (Å²) in [6.45, 7) is 4.68. The third kappa shape index (κ3) is 10.1. The molecular weight excluding hydrogens is 456 g/mol. The monoisotopic (exact) mass is 498 g/mol. The maximum atomic E-state index is 13.3. The molecule has 4 atom stereocenters. The third-order valence-electron chi connectivity index (χ3n) is 5.93. The minimum Gasteiger partial charge on any atom is -0.480 e. The van der Waals surface area contributed by atoms with Gasteiger partial charge in [-0.05, 0) is 51.0 Å². The molecule has 13 nitrogen and oxygen atoms in total. The van der Waals surface area contributed by atoms with Crippen molar-refractivity contribution in [1.82, 2.24) is 15.5 Å². The lowest BCUT2D eigenvalue weighted by atomic mass is 10.0. The van der Waals surface area contributed by atoms with Gasteiger partial charge in [-0.25, -0.2) is 4.79 Å². The molecule has 13 heteroatoms. The van der Waals surface area contributed by atoms with Crippen LogP contribution in [0.15, 0.2) is 4.99 Å². The largest absolute Gasteiger partial charge is 0.480 e. The van der Waals surface area contributed by atoms with Crippen LogP contribution < -0.4 is 33.6 Å². The Kier molecular flexibility index (Phi) is 13.0. The van der Waals surface area contributed by atoms with Crippen LogP contribution in [-0.4, -0.2) is 83.5 Å². The molecule has 3 amide bonds. The highest BCUT2D eigenvalue weighted by Gasteiger charge is 2.39. The summed E-state index contributed by atoms with van der Waals surface area (Å²) in [4.78, 5) is 55.7. The summed E-state index contributed by atoms with van der Waals surface area (Å²) in [6.07, 6.45) is 3.39. The van der Waals surface area contributed by atoms with Crippen molar-refractivity contribution in [3.63, 3.8) is 0 Å². The number of hydrogen-bond donors (Lipinski definition) is 7. The number of carbonyl (C=O) groups excluding carboxylic acids is 3. The summed E-state index contributed by atoms with van der Waals surface area (Å²) in [5.41, 5.74) is 22.0. The fourth-order valence-corrected chi connectivity index (χ4v) is 3.92. The predicted octanol–water partition coefficient (Wildman–Crippen LogP) is -1.80. The smallest absolute Gasteiger partial charge is 0.326 e. The van der Waals surface area contributed by atoms with Gasteiger partial charge < -0.3 is 43.6 Å². The van der Waals surface area contributed by atoms with E-state index in [4.69, 9.17) is 22.9 Å². The number of aliphatic imine (C=N–C) groups is 1. The molecule has 0 aromatic carbocycles. The highest BCUT2D eigenvalue weighted by molar-refractivity contribution is 5.94. The molecule has 1 fully saturated rings. The standard InChI is InChI=1S/C22H42N8O5/c1-13(2)17(29-18(31)14(24)7-3-4-10-23)20(33)30-12-6-9-16(30)19(32)28-15(21(34)35)8-5-11-27-22(25)26/h13-17H,3-12,23-24H2,1-2H3,(H,28,32)(H,29,31)(H,34,35)(H4,25,26,27). The Balaban J connectivity index is 2.82. The van der Waals surface area contributed by atoms with E-state index in [0.717, 1.165) is 6.42 Å². The minimum atomic E-state index is -1.19. The van der Waals surface area contributed by atoms with Crippen LogP contribution in [0.3, 0.4) is 0 Å². The van der Waals surface area contributed by atoms with Gasteiger partial charge in [0.05, 0.1) is 6.04 Å².